The minimum atomic E-state index is -1.19. The molecule has 1 aromatic carbocycles. The van der Waals surface area contributed by atoms with Crippen molar-refractivity contribution in [2.75, 3.05) is 19.8 Å². The maximum atomic E-state index is 12.8. The summed E-state index contributed by atoms with van der Waals surface area (Å²) < 4.78 is 15.8. The zero-order valence-electron chi connectivity index (χ0n) is 16.6. The van der Waals surface area contributed by atoms with Gasteiger partial charge < -0.3 is 19.3 Å². The molecule has 1 atom stereocenters. The molecule has 1 N–H and O–H groups in total. The van der Waals surface area contributed by atoms with Crippen LogP contribution < -0.4 is 0 Å². The normalized spacial score (nSPS) is 16.3. The number of nitrogens with zero attached hydrogens (tertiary/aromatic N) is 1. The lowest BCUT2D eigenvalue weighted by atomic mass is 9.92. The van der Waals surface area contributed by atoms with Gasteiger partial charge in [0.15, 0.2) is 11.5 Å². The van der Waals surface area contributed by atoms with E-state index in [0.29, 0.717) is 11.2 Å². The third kappa shape index (κ3) is 3.81. The standard InChI is InChI=1S/C22H23NO6/c1-4-27-20-18(22(26)29-6-3)17(21(25)28-5-2)16(19(20)24)15-12-11-13-9-7-8-10-14(13)23-15/h7-12,17,24H,4-6H2,1-3H3. The fourth-order valence-corrected chi connectivity index (χ4v) is 3.32. The fourth-order valence-electron chi connectivity index (χ4n) is 3.32. The largest absolute Gasteiger partial charge is 0.504 e. The van der Waals surface area contributed by atoms with Crippen LogP contribution in [0.5, 0.6) is 0 Å². The van der Waals surface area contributed by atoms with Gasteiger partial charge in [0.2, 0.25) is 0 Å². The Morgan fingerprint density at radius 1 is 1.00 bits per heavy atom. The summed E-state index contributed by atoms with van der Waals surface area (Å²) in [7, 11) is 0. The second kappa shape index (κ2) is 8.77. The molecular formula is C22H23NO6. The highest BCUT2D eigenvalue weighted by Gasteiger charge is 2.46. The summed E-state index contributed by atoms with van der Waals surface area (Å²) in [6.45, 7) is 5.47. The third-order valence-corrected chi connectivity index (χ3v) is 4.47. The molecule has 0 bridgehead atoms. The fraction of sp³-hybridized carbons (Fsp3) is 0.318. The summed E-state index contributed by atoms with van der Waals surface area (Å²) in [5, 5.41) is 11.8. The van der Waals surface area contributed by atoms with E-state index in [1.54, 1.807) is 26.8 Å². The van der Waals surface area contributed by atoms with Crippen LogP contribution in [0.1, 0.15) is 26.5 Å². The van der Waals surface area contributed by atoms with Crippen LogP contribution >= 0.6 is 0 Å². The number of aromatic nitrogens is 1. The van der Waals surface area contributed by atoms with Crippen molar-refractivity contribution in [1.82, 2.24) is 4.98 Å². The zero-order chi connectivity index (χ0) is 21.0. The van der Waals surface area contributed by atoms with Crippen molar-refractivity contribution >= 4 is 28.4 Å². The van der Waals surface area contributed by atoms with Gasteiger partial charge in [-0.15, -0.1) is 0 Å². The van der Waals surface area contributed by atoms with Gasteiger partial charge in [-0.2, -0.15) is 0 Å². The molecular weight excluding hydrogens is 374 g/mol. The lowest BCUT2D eigenvalue weighted by molar-refractivity contribution is -0.148. The lowest BCUT2D eigenvalue weighted by Gasteiger charge is -2.16. The number of benzene rings is 1. The van der Waals surface area contributed by atoms with Crippen LogP contribution in [0.15, 0.2) is 53.5 Å². The number of carbonyl (C=O) groups is 2. The number of esters is 2. The number of fused-ring (bicyclic) bond motifs is 1. The van der Waals surface area contributed by atoms with Crippen LogP contribution in [0.3, 0.4) is 0 Å². The van der Waals surface area contributed by atoms with Crippen molar-refractivity contribution in [2.24, 2.45) is 5.92 Å². The molecule has 1 heterocycles. The Morgan fingerprint density at radius 3 is 2.41 bits per heavy atom. The molecule has 7 heteroatoms. The van der Waals surface area contributed by atoms with Crippen LogP contribution in [0.25, 0.3) is 16.5 Å². The smallest absolute Gasteiger partial charge is 0.339 e. The third-order valence-electron chi connectivity index (χ3n) is 4.47. The molecule has 0 saturated heterocycles. The van der Waals surface area contributed by atoms with Crippen molar-refractivity contribution in [1.29, 1.82) is 0 Å². The average Bonchev–Trinajstić information content (AvgIpc) is 3.01. The summed E-state index contributed by atoms with van der Waals surface area (Å²) >= 11 is 0. The molecule has 0 amide bonds. The molecule has 29 heavy (non-hydrogen) atoms. The van der Waals surface area contributed by atoms with Gasteiger partial charge in [0.05, 0.1) is 31.0 Å². The van der Waals surface area contributed by atoms with Crippen molar-refractivity contribution in [3.8, 4) is 0 Å². The van der Waals surface area contributed by atoms with E-state index in [1.165, 1.54) is 0 Å². The van der Waals surface area contributed by atoms with Gasteiger partial charge in [-0.25, -0.2) is 9.78 Å². The van der Waals surface area contributed by atoms with E-state index in [0.717, 1.165) is 5.39 Å². The van der Waals surface area contributed by atoms with E-state index < -0.39 is 17.9 Å². The minimum Gasteiger partial charge on any atom is -0.504 e. The summed E-state index contributed by atoms with van der Waals surface area (Å²) in [6.07, 6.45) is 0. The van der Waals surface area contributed by atoms with E-state index in [2.05, 4.69) is 4.98 Å². The molecule has 7 nitrogen and oxygen atoms in total. The number of para-hydroxylation sites is 1. The molecule has 2 aromatic rings. The highest BCUT2D eigenvalue weighted by atomic mass is 16.5. The molecule has 1 aromatic heterocycles. The minimum absolute atomic E-state index is 0.0744. The molecule has 0 fully saturated rings. The quantitative estimate of drug-likeness (QED) is 0.714. The first-order valence-corrected chi connectivity index (χ1v) is 9.53. The van der Waals surface area contributed by atoms with Crippen molar-refractivity contribution in [2.45, 2.75) is 20.8 Å². The van der Waals surface area contributed by atoms with Crippen molar-refractivity contribution < 1.29 is 28.9 Å². The number of aliphatic hydroxyl groups excluding tert-OH is 1. The predicted octanol–water partition coefficient (Wildman–Crippen LogP) is 3.55. The Morgan fingerprint density at radius 2 is 1.72 bits per heavy atom. The monoisotopic (exact) mass is 397 g/mol. The molecule has 0 saturated carbocycles. The van der Waals surface area contributed by atoms with E-state index >= 15 is 0 Å². The van der Waals surface area contributed by atoms with Gasteiger partial charge in [0.1, 0.15) is 11.5 Å². The number of hydrogen-bond acceptors (Lipinski definition) is 7. The van der Waals surface area contributed by atoms with Crippen LogP contribution in [-0.2, 0) is 23.8 Å². The summed E-state index contributed by atoms with van der Waals surface area (Å²) in [4.78, 5) is 30.0. The van der Waals surface area contributed by atoms with E-state index in [1.807, 2.05) is 30.3 Å². The van der Waals surface area contributed by atoms with Gasteiger partial charge in [0.25, 0.3) is 0 Å². The summed E-state index contributed by atoms with van der Waals surface area (Å²) in [5.74, 6) is -2.99. The molecule has 0 aliphatic heterocycles. The van der Waals surface area contributed by atoms with E-state index in [4.69, 9.17) is 14.2 Å². The second-order valence-corrected chi connectivity index (χ2v) is 6.23. The number of rotatable bonds is 7. The first kappa shape index (κ1) is 20.4. The zero-order valence-corrected chi connectivity index (χ0v) is 16.6. The SMILES string of the molecule is CCOC(=O)C1=C(OCC)C(O)=C(c2ccc3ccccc3n2)C1C(=O)OCC. The second-order valence-electron chi connectivity index (χ2n) is 6.23. The highest BCUT2D eigenvalue weighted by Crippen LogP contribution is 2.43. The molecule has 152 valence electrons. The maximum absolute atomic E-state index is 12.8. The molecule has 1 aliphatic carbocycles. The maximum Gasteiger partial charge on any atom is 0.339 e. The van der Waals surface area contributed by atoms with Crippen LogP contribution in [0.2, 0.25) is 0 Å². The molecule has 3 rings (SSSR count). The van der Waals surface area contributed by atoms with Gasteiger partial charge in [-0.3, -0.25) is 4.79 Å². The van der Waals surface area contributed by atoms with Gasteiger partial charge >= 0.3 is 11.9 Å². The van der Waals surface area contributed by atoms with Gasteiger partial charge in [0, 0.05) is 11.0 Å². The number of carbonyl (C=O) groups excluding carboxylic acids is 2. The Labute approximate surface area is 168 Å². The number of ether oxygens (including phenoxy) is 3. The first-order valence-electron chi connectivity index (χ1n) is 9.53. The Bertz CT molecular complexity index is 1010. The van der Waals surface area contributed by atoms with Crippen molar-refractivity contribution in [3.05, 3.63) is 59.2 Å². The summed E-state index contributed by atoms with van der Waals surface area (Å²) in [5.41, 5.74) is 1.14. The van der Waals surface area contributed by atoms with Crippen molar-refractivity contribution in [3.63, 3.8) is 0 Å². The highest BCUT2D eigenvalue weighted by molar-refractivity contribution is 6.07. The van der Waals surface area contributed by atoms with Crippen LogP contribution in [0.4, 0.5) is 0 Å². The Hall–Kier alpha value is -3.35. The van der Waals surface area contributed by atoms with Gasteiger partial charge in [-0.05, 0) is 32.9 Å². The van der Waals surface area contributed by atoms with E-state index in [9.17, 15) is 14.7 Å². The van der Waals surface area contributed by atoms with Gasteiger partial charge in [-0.1, -0.05) is 24.3 Å². The Kier molecular flexibility index (Phi) is 6.16. The first-order chi connectivity index (χ1) is 14.0. The van der Waals surface area contributed by atoms with Crippen LogP contribution in [-0.4, -0.2) is 41.8 Å². The number of pyridine rings is 1. The number of aliphatic hydroxyl groups is 1. The number of hydrogen-bond donors (Lipinski definition) is 1. The predicted molar refractivity (Wildman–Crippen MR) is 107 cm³/mol. The molecule has 0 radical (unpaired) electrons. The van der Waals surface area contributed by atoms with E-state index in [-0.39, 0.29) is 42.5 Å². The Balaban J connectivity index is 2.19. The average molecular weight is 397 g/mol. The summed E-state index contributed by atoms with van der Waals surface area (Å²) in [6, 6.07) is 11.0. The molecule has 1 unspecified atom stereocenters. The molecule has 0 spiro atoms. The lowest BCUT2D eigenvalue weighted by Crippen LogP contribution is -2.25. The molecule has 1 aliphatic rings. The van der Waals surface area contributed by atoms with Crippen LogP contribution in [0, 0.1) is 5.92 Å². The topological polar surface area (TPSA) is 95.0 Å².